The highest BCUT2D eigenvalue weighted by Crippen LogP contribution is 2.29. The summed E-state index contributed by atoms with van der Waals surface area (Å²) >= 11 is 1.64. The minimum atomic E-state index is -0.410. The topological polar surface area (TPSA) is 73.8 Å². The zero-order valence-electron chi connectivity index (χ0n) is 12.6. The predicted octanol–water partition coefficient (Wildman–Crippen LogP) is 3.93. The Kier molecular flexibility index (Phi) is 5.32. The summed E-state index contributed by atoms with van der Waals surface area (Å²) in [5, 5.41) is 20.6. The molecule has 0 saturated carbocycles. The van der Waals surface area contributed by atoms with Crippen LogP contribution in [0.5, 0.6) is 0 Å². The van der Waals surface area contributed by atoms with Crippen LogP contribution in [0.4, 0.5) is 5.69 Å². The van der Waals surface area contributed by atoms with Gasteiger partial charge in [-0.3, -0.25) is 14.7 Å². The van der Waals surface area contributed by atoms with Crippen molar-refractivity contribution in [3.63, 3.8) is 0 Å². The van der Waals surface area contributed by atoms with Gasteiger partial charge in [0.2, 0.25) is 0 Å². The molecule has 0 saturated heterocycles. The van der Waals surface area contributed by atoms with E-state index in [2.05, 4.69) is 30.6 Å². The predicted molar refractivity (Wildman–Crippen MR) is 87.9 cm³/mol. The van der Waals surface area contributed by atoms with Crippen LogP contribution in [0.25, 0.3) is 11.4 Å². The standard InChI is InChI=1S/C15H18N4O2S/c1-4-9-18-14(16-17-15(18)22-11(3)5-2)12-7-6-8-13(10-12)19(20)21/h4,6-8,10-11H,1,5,9H2,2-3H3. The van der Waals surface area contributed by atoms with Crippen molar-refractivity contribution < 1.29 is 4.92 Å². The van der Waals surface area contributed by atoms with Gasteiger partial charge in [-0.1, -0.05) is 43.8 Å². The maximum Gasteiger partial charge on any atom is 0.270 e. The Bertz CT molecular complexity index is 684. The van der Waals surface area contributed by atoms with Crippen LogP contribution in [0.2, 0.25) is 0 Å². The van der Waals surface area contributed by atoms with Crippen LogP contribution in [0.15, 0.2) is 42.1 Å². The van der Waals surface area contributed by atoms with E-state index in [1.54, 1.807) is 30.0 Å². The molecule has 0 aliphatic heterocycles. The number of thioether (sulfide) groups is 1. The van der Waals surface area contributed by atoms with Gasteiger partial charge in [0, 0.05) is 29.5 Å². The van der Waals surface area contributed by atoms with E-state index < -0.39 is 4.92 Å². The Balaban J connectivity index is 2.44. The smallest absolute Gasteiger partial charge is 0.270 e. The SMILES string of the molecule is C=CCn1c(SC(C)CC)nnc1-c1cccc([N+](=O)[O-])c1. The van der Waals surface area contributed by atoms with E-state index in [0.29, 0.717) is 23.2 Å². The third-order valence-corrected chi connectivity index (χ3v) is 4.47. The van der Waals surface area contributed by atoms with Crippen LogP contribution < -0.4 is 0 Å². The fourth-order valence-corrected chi connectivity index (χ4v) is 2.81. The third-order valence-electron chi connectivity index (χ3n) is 3.23. The van der Waals surface area contributed by atoms with Gasteiger partial charge in [0.1, 0.15) is 0 Å². The molecule has 1 heterocycles. The highest BCUT2D eigenvalue weighted by Gasteiger charge is 2.17. The molecule has 0 amide bonds. The van der Waals surface area contributed by atoms with Gasteiger partial charge in [0.25, 0.3) is 5.69 Å². The number of hydrogen-bond acceptors (Lipinski definition) is 5. The van der Waals surface area contributed by atoms with Crippen molar-refractivity contribution in [3.8, 4) is 11.4 Å². The van der Waals surface area contributed by atoms with Gasteiger partial charge in [0.05, 0.1) is 4.92 Å². The first-order valence-corrected chi connectivity index (χ1v) is 7.90. The van der Waals surface area contributed by atoms with Crippen molar-refractivity contribution in [1.82, 2.24) is 14.8 Å². The monoisotopic (exact) mass is 318 g/mol. The fraction of sp³-hybridized carbons (Fsp3) is 0.333. The van der Waals surface area contributed by atoms with Gasteiger partial charge in [-0.15, -0.1) is 16.8 Å². The Morgan fingerprint density at radius 2 is 2.27 bits per heavy atom. The molecule has 0 N–H and O–H groups in total. The van der Waals surface area contributed by atoms with Gasteiger partial charge in [-0.25, -0.2) is 0 Å². The van der Waals surface area contributed by atoms with Crippen molar-refractivity contribution >= 4 is 17.4 Å². The number of hydrogen-bond donors (Lipinski definition) is 0. The Morgan fingerprint density at radius 3 is 2.91 bits per heavy atom. The number of nitro groups is 1. The largest absolute Gasteiger partial charge is 0.298 e. The molecule has 7 heteroatoms. The van der Waals surface area contributed by atoms with E-state index in [1.165, 1.54) is 12.1 Å². The van der Waals surface area contributed by atoms with Gasteiger partial charge < -0.3 is 0 Å². The van der Waals surface area contributed by atoms with E-state index in [-0.39, 0.29) is 5.69 Å². The van der Waals surface area contributed by atoms with Crippen LogP contribution >= 0.6 is 11.8 Å². The van der Waals surface area contributed by atoms with Gasteiger partial charge >= 0.3 is 0 Å². The molecule has 0 aliphatic rings. The molecule has 0 bridgehead atoms. The van der Waals surface area contributed by atoms with Crippen LogP contribution in [-0.4, -0.2) is 24.9 Å². The molecule has 1 aromatic carbocycles. The second-order valence-corrected chi connectivity index (χ2v) is 6.26. The second kappa shape index (κ2) is 7.22. The van der Waals surface area contributed by atoms with Crippen LogP contribution in [0, 0.1) is 10.1 Å². The normalized spacial score (nSPS) is 12.1. The number of rotatable bonds is 7. The minimum Gasteiger partial charge on any atom is -0.298 e. The number of nitro benzene ring substituents is 1. The number of nitrogens with zero attached hydrogens (tertiary/aromatic N) is 4. The summed E-state index contributed by atoms with van der Waals surface area (Å²) in [7, 11) is 0. The molecule has 6 nitrogen and oxygen atoms in total. The average molecular weight is 318 g/mol. The van der Waals surface area contributed by atoms with Crippen molar-refractivity contribution in [3.05, 3.63) is 47.0 Å². The van der Waals surface area contributed by atoms with Crippen LogP contribution in [0.1, 0.15) is 20.3 Å². The lowest BCUT2D eigenvalue weighted by Gasteiger charge is -2.10. The molecule has 116 valence electrons. The van der Waals surface area contributed by atoms with E-state index in [4.69, 9.17) is 0 Å². The summed E-state index contributed by atoms with van der Waals surface area (Å²) < 4.78 is 1.93. The Labute approximate surface area is 133 Å². The summed E-state index contributed by atoms with van der Waals surface area (Å²) in [4.78, 5) is 10.5. The molecule has 1 aromatic heterocycles. The third kappa shape index (κ3) is 3.54. The van der Waals surface area contributed by atoms with Crippen molar-refractivity contribution in [1.29, 1.82) is 0 Å². The molecule has 22 heavy (non-hydrogen) atoms. The minimum absolute atomic E-state index is 0.0433. The van der Waals surface area contributed by atoms with Gasteiger partial charge in [-0.2, -0.15) is 0 Å². The summed E-state index contributed by atoms with van der Waals surface area (Å²) in [6.45, 7) is 8.57. The first-order valence-electron chi connectivity index (χ1n) is 7.02. The quantitative estimate of drug-likeness (QED) is 0.335. The zero-order valence-corrected chi connectivity index (χ0v) is 13.4. The maximum atomic E-state index is 10.9. The van der Waals surface area contributed by atoms with E-state index >= 15 is 0 Å². The highest BCUT2D eigenvalue weighted by molar-refractivity contribution is 7.99. The summed E-state index contributed by atoms with van der Waals surface area (Å²) in [6, 6.07) is 6.43. The van der Waals surface area contributed by atoms with Crippen molar-refractivity contribution in [2.45, 2.75) is 37.2 Å². The van der Waals surface area contributed by atoms with E-state index in [1.807, 2.05) is 4.57 Å². The Hall–Kier alpha value is -2.15. The lowest BCUT2D eigenvalue weighted by molar-refractivity contribution is -0.384. The fourth-order valence-electron chi connectivity index (χ4n) is 1.90. The number of allylic oxidation sites excluding steroid dienone is 1. The van der Waals surface area contributed by atoms with Crippen molar-refractivity contribution in [2.75, 3.05) is 0 Å². The van der Waals surface area contributed by atoms with E-state index in [9.17, 15) is 10.1 Å². The first-order chi connectivity index (χ1) is 10.6. The molecular formula is C15H18N4O2S. The molecule has 0 aliphatic carbocycles. The zero-order chi connectivity index (χ0) is 16.1. The van der Waals surface area contributed by atoms with Crippen LogP contribution in [-0.2, 0) is 6.54 Å². The summed E-state index contributed by atoms with van der Waals surface area (Å²) in [5.74, 6) is 0.620. The molecule has 1 unspecified atom stereocenters. The van der Waals surface area contributed by atoms with E-state index in [0.717, 1.165) is 11.6 Å². The lowest BCUT2D eigenvalue weighted by Crippen LogP contribution is -2.03. The number of non-ortho nitro benzene ring substituents is 1. The van der Waals surface area contributed by atoms with Crippen LogP contribution in [0.3, 0.4) is 0 Å². The molecule has 1 atom stereocenters. The molecule has 0 spiro atoms. The van der Waals surface area contributed by atoms with Gasteiger partial charge in [0.15, 0.2) is 11.0 Å². The molecule has 0 fully saturated rings. The average Bonchev–Trinajstić information content (AvgIpc) is 2.90. The highest BCUT2D eigenvalue weighted by atomic mass is 32.2. The lowest BCUT2D eigenvalue weighted by atomic mass is 10.2. The summed E-state index contributed by atoms with van der Waals surface area (Å²) in [6.07, 6.45) is 2.79. The van der Waals surface area contributed by atoms with Gasteiger partial charge in [-0.05, 0) is 6.42 Å². The summed E-state index contributed by atoms with van der Waals surface area (Å²) in [5.41, 5.74) is 0.723. The molecular weight excluding hydrogens is 300 g/mol. The van der Waals surface area contributed by atoms with Crippen molar-refractivity contribution in [2.24, 2.45) is 0 Å². The molecule has 2 rings (SSSR count). The first kappa shape index (κ1) is 16.2. The number of aromatic nitrogens is 3. The molecule has 0 radical (unpaired) electrons. The Morgan fingerprint density at radius 1 is 1.50 bits per heavy atom. The second-order valence-electron chi connectivity index (χ2n) is 4.85. The molecule has 2 aromatic rings. The maximum absolute atomic E-state index is 10.9. The number of benzene rings is 1.